The van der Waals surface area contributed by atoms with E-state index in [0.29, 0.717) is 10.6 Å². The lowest BCUT2D eigenvalue weighted by molar-refractivity contribution is -0.190. The van der Waals surface area contributed by atoms with E-state index in [1.54, 1.807) is 11.6 Å². The number of imidazole rings is 1. The molecule has 104 valence electrons. The standard InChI is InChI=1S/C10H10F3N3O3/c1-15-4-14-6-5(15)2-3-16(7(6)8(17)18)9(19)10(11,12)13/h4,7H,2-3H2,1H3,(H,17,18). The summed E-state index contributed by atoms with van der Waals surface area (Å²) in [5.41, 5.74) is 0.512. The Morgan fingerprint density at radius 2 is 2.11 bits per heavy atom. The summed E-state index contributed by atoms with van der Waals surface area (Å²) in [6.45, 7) is -0.304. The number of carboxylic acids is 1. The fourth-order valence-electron chi connectivity index (χ4n) is 2.14. The van der Waals surface area contributed by atoms with Crippen molar-refractivity contribution in [3.05, 3.63) is 17.7 Å². The first kappa shape index (κ1) is 13.4. The zero-order valence-electron chi connectivity index (χ0n) is 9.81. The number of aryl methyl sites for hydroxylation is 1. The molecule has 0 saturated heterocycles. The van der Waals surface area contributed by atoms with Crippen molar-refractivity contribution in [3.63, 3.8) is 0 Å². The van der Waals surface area contributed by atoms with Gasteiger partial charge in [-0.25, -0.2) is 9.78 Å². The number of aliphatic carboxylic acids is 1. The van der Waals surface area contributed by atoms with E-state index < -0.39 is 24.1 Å². The molecule has 0 bridgehead atoms. The van der Waals surface area contributed by atoms with Crippen LogP contribution in [0.4, 0.5) is 13.2 Å². The molecular formula is C10H10F3N3O3. The van der Waals surface area contributed by atoms with Crippen LogP contribution in [0.5, 0.6) is 0 Å². The maximum Gasteiger partial charge on any atom is 0.471 e. The third kappa shape index (κ3) is 2.15. The maximum atomic E-state index is 12.4. The zero-order chi connectivity index (χ0) is 14.4. The van der Waals surface area contributed by atoms with E-state index in [1.807, 2.05) is 0 Å². The van der Waals surface area contributed by atoms with E-state index in [0.717, 1.165) is 0 Å². The molecule has 9 heteroatoms. The van der Waals surface area contributed by atoms with Crippen molar-refractivity contribution in [2.24, 2.45) is 7.05 Å². The lowest BCUT2D eigenvalue weighted by Gasteiger charge is -2.32. The number of amides is 1. The molecule has 1 aromatic rings. The minimum absolute atomic E-state index is 0.0150. The third-order valence-corrected chi connectivity index (χ3v) is 2.99. The molecule has 6 nitrogen and oxygen atoms in total. The summed E-state index contributed by atoms with van der Waals surface area (Å²) in [5, 5.41) is 9.07. The summed E-state index contributed by atoms with van der Waals surface area (Å²) >= 11 is 0. The van der Waals surface area contributed by atoms with Gasteiger partial charge in [-0.1, -0.05) is 0 Å². The van der Waals surface area contributed by atoms with E-state index in [1.165, 1.54) is 6.33 Å². The van der Waals surface area contributed by atoms with Gasteiger partial charge in [0.15, 0.2) is 6.04 Å². The van der Waals surface area contributed by atoms with Crippen molar-refractivity contribution in [3.8, 4) is 0 Å². The van der Waals surface area contributed by atoms with Gasteiger partial charge in [-0.15, -0.1) is 0 Å². The highest BCUT2D eigenvalue weighted by atomic mass is 19.4. The van der Waals surface area contributed by atoms with Crippen LogP contribution in [0.3, 0.4) is 0 Å². The smallest absolute Gasteiger partial charge is 0.471 e. The van der Waals surface area contributed by atoms with Crippen molar-refractivity contribution in [2.45, 2.75) is 18.6 Å². The number of carboxylic acid groups (broad SMARTS) is 1. The Labute approximate surface area is 105 Å². The molecule has 19 heavy (non-hydrogen) atoms. The van der Waals surface area contributed by atoms with Crippen molar-refractivity contribution < 1.29 is 27.9 Å². The number of fused-ring (bicyclic) bond motifs is 1. The molecule has 0 aliphatic carbocycles. The Kier molecular flexibility index (Phi) is 2.99. The molecule has 1 unspecified atom stereocenters. The van der Waals surface area contributed by atoms with Gasteiger partial charge in [-0.3, -0.25) is 4.79 Å². The second kappa shape index (κ2) is 4.25. The van der Waals surface area contributed by atoms with Crippen molar-refractivity contribution >= 4 is 11.9 Å². The summed E-state index contributed by atoms with van der Waals surface area (Å²) in [6, 6.07) is -1.70. The van der Waals surface area contributed by atoms with Crippen LogP contribution in [0.15, 0.2) is 6.33 Å². The average Bonchev–Trinajstić information content (AvgIpc) is 2.67. The Morgan fingerprint density at radius 1 is 1.47 bits per heavy atom. The predicted molar refractivity (Wildman–Crippen MR) is 55.1 cm³/mol. The minimum Gasteiger partial charge on any atom is -0.479 e. The molecule has 2 rings (SSSR count). The number of aromatic nitrogens is 2. The number of hydrogen-bond donors (Lipinski definition) is 1. The largest absolute Gasteiger partial charge is 0.479 e. The first-order valence-corrected chi connectivity index (χ1v) is 5.34. The van der Waals surface area contributed by atoms with E-state index in [-0.39, 0.29) is 18.7 Å². The quantitative estimate of drug-likeness (QED) is 0.810. The lowest BCUT2D eigenvalue weighted by atomic mass is 10.0. The van der Waals surface area contributed by atoms with Gasteiger partial charge in [-0.2, -0.15) is 13.2 Å². The Bertz CT molecular complexity index is 538. The molecule has 1 amide bonds. The van der Waals surface area contributed by atoms with Crippen LogP contribution >= 0.6 is 0 Å². The highest BCUT2D eigenvalue weighted by Crippen LogP contribution is 2.32. The summed E-state index contributed by atoms with van der Waals surface area (Å²) in [4.78, 5) is 26.5. The maximum absolute atomic E-state index is 12.4. The molecule has 0 radical (unpaired) electrons. The monoisotopic (exact) mass is 277 g/mol. The minimum atomic E-state index is -5.10. The fraction of sp³-hybridized carbons (Fsp3) is 0.500. The second-order valence-electron chi connectivity index (χ2n) is 4.17. The lowest BCUT2D eigenvalue weighted by Crippen LogP contribution is -2.49. The summed E-state index contributed by atoms with van der Waals surface area (Å²) < 4.78 is 38.9. The highest BCUT2D eigenvalue weighted by molar-refractivity contribution is 5.88. The van der Waals surface area contributed by atoms with Gasteiger partial charge in [0.1, 0.15) is 0 Å². The van der Waals surface area contributed by atoms with E-state index in [4.69, 9.17) is 5.11 Å². The van der Waals surface area contributed by atoms with Crippen LogP contribution in [0.2, 0.25) is 0 Å². The predicted octanol–water partition coefficient (Wildman–Crippen LogP) is 0.493. The molecule has 1 aliphatic heterocycles. The molecule has 0 fully saturated rings. The molecule has 2 heterocycles. The van der Waals surface area contributed by atoms with Gasteiger partial charge >= 0.3 is 18.1 Å². The summed E-state index contributed by atoms with van der Waals surface area (Å²) in [5.74, 6) is -3.69. The van der Waals surface area contributed by atoms with Crippen LogP contribution in [0.1, 0.15) is 17.4 Å². The van der Waals surface area contributed by atoms with Gasteiger partial charge < -0.3 is 14.6 Å². The van der Waals surface area contributed by atoms with Gasteiger partial charge in [0.05, 0.1) is 12.0 Å². The van der Waals surface area contributed by atoms with E-state index >= 15 is 0 Å². The molecule has 0 spiro atoms. The van der Waals surface area contributed by atoms with Crippen LogP contribution in [0.25, 0.3) is 0 Å². The molecule has 1 aromatic heterocycles. The molecule has 1 aliphatic rings. The number of hydrogen-bond acceptors (Lipinski definition) is 3. The summed E-state index contributed by atoms with van der Waals surface area (Å²) in [7, 11) is 1.62. The number of rotatable bonds is 1. The zero-order valence-corrected chi connectivity index (χ0v) is 9.81. The number of carbonyl (C=O) groups excluding carboxylic acids is 1. The fourth-order valence-corrected chi connectivity index (χ4v) is 2.14. The van der Waals surface area contributed by atoms with Crippen molar-refractivity contribution in [1.29, 1.82) is 0 Å². The van der Waals surface area contributed by atoms with Crippen LogP contribution in [0, 0.1) is 0 Å². The molecule has 1 atom stereocenters. The Morgan fingerprint density at radius 3 is 2.63 bits per heavy atom. The summed E-state index contributed by atoms with van der Waals surface area (Å²) in [6.07, 6.45) is -3.64. The van der Waals surface area contributed by atoms with Crippen molar-refractivity contribution in [1.82, 2.24) is 14.5 Å². The van der Waals surface area contributed by atoms with E-state index in [2.05, 4.69) is 4.98 Å². The Hall–Kier alpha value is -2.06. The van der Waals surface area contributed by atoms with Gasteiger partial charge in [0.2, 0.25) is 0 Å². The second-order valence-corrected chi connectivity index (χ2v) is 4.17. The number of carbonyl (C=O) groups is 2. The van der Waals surface area contributed by atoms with E-state index in [9.17, 15) is 22.8 Å². The SMILES string of the molecule is Cn1cnc2c1CCN(C(=O)C(F)(F)F)C2C(=O)O. The topological polar surface area (TPSA) is 75.4 Å². The normalized spacial score (nSPS) is 19.2. The van der Waals surface area contributed by atoms with Crippen LogP contribution in [-0.4, -0.2) is 44.2 Å². The average molecular weight is 277 g/mol. The molecular weight excluding hydrogens is 267 g/mol. The number of nitrogens with zero attached hydrogens (tertiary/aromatic N) is 3. The first-order chi connectivity index (χ1) is 8.73. The van der Waals surface area contributed by atoms with Gasteiger partial charge in [-0.05, 0) is 0 Å². The third-order valence-electron chi connectivity index (χ3n) is 2.99. The van der Waals surface area contributed by atoms with Gasteiger partial charge in [0, 0.05) is 25.7 Å². The Balaban J connectivity index is 2.44. The molecule has 0 aromatic carbocycles. The number of alkyl halides is 3. The first-order valence-electron chi connectivity index (χ1n) is 5.34. The number of halogens is 3. The molecule has 1 N–H and O–H groups in total. The van der Waals surface area contributed by atoms with Crippen LogP contribution < -0.4 is 0 Å². The van der Waals surface area contributed by atoms with Crippen LogP contribution in [-0.2, 0) is 23.1 Å². The van der Waals surface area contributed by atoms with Crippen molar-refractivity contribution in [2.75, 3.05) is 6.54 Å². The molecule has 0 saturated carbocycles. The highest BCUT2D eigenvalue weighted by Gasteiger charge is 2.49. The van der Waals surface area contributed by atoms with Gasteiger partial charge in [0.25, 0.3) is 0 Å².